The van der Waals surface area contributed by atoms with E-state index < -0.39 is 5.92 Å². The first-order valence-corrected chi connectivity index (χ1v) is 9.00. The lowest BCUT2D eigenvalue weighted by Gasteiger charge is -2.38. The Labute approximate surface area is 152 Å². The molecule has 2 aliphatic heterocycles. The fraction of sp³-hybridized carbons (Fsp3) is 0.556. The first-order chi connectivity index (χ1) is 12.4. The molecule has 1 aromatic rings. The van der Waals surface area contributed by atoms with Crippen LogP contribution in [0.1, 0.15) is 38.3 Å². The van der Waals surface area contributed by atoms with Gasteiger partial charge < -0.3 is 10.6 Å². The molecule has 8 heteroatoms. The van der Waals surface area contributed by atoms with Gasteiger partial charge in [0.1, 0.15) is 0 Å². The molecule has 140 valence electrons. The van der Waals surface area contributed by atoms with Gasteiger partial charge in [-0.2, -0.15) is 0 Å². The van der Waals surface area contributed by atoms with Gasteiger partial charge in [0.25, 0.3) is 0 Å². The van der Waals surface area contributed by atoms with E-state index in [-0.39, 0.29) is 17.7 Å². The number of nitrogens with zero attached hydrogens (tertiary/aromatic N) is 2. The predicted octanol–water partition coefficient (Wildman–Crippen LogP) is 0.223. The summed E-state index contributed by atoms with van der Waals surface area (Å²) < 4.78 is 0. The Bertz CT molecular complexity index is 681. The highest BCUT2D eigenvalue weighted by atomic mass is 16.2. The number of piperazine rings is 1. The van der Waals surface area contributed by atoms with Crippen LogP contribution in [-0.2, 0) is 14.4 Å². The molecular formula is C18H25N5O3. The molecule has 0 spiro atoms. The maximum atomic E-state index is 12.3. The summed E-state index contributed by atoms with van der Waals surface area (Å²) in [4.78, 5) is 41.9. The molecule has 0 aromatic carbocycles. The highest BCUT2D eigenvalue weighted by molar-refractivity contribution is 6.00. The first-order valence-electron chi connectivity index (χ1n) is 9.00. The van der Waals surface area contributed by atoms with Crippen LogP contribution >= 0.6 is 0 Å². The predicted molar refractivity (Wildman–Crippen MR) is 96.5 cm³/mol. The van der Waals surface area contributed by atoms with E-state index in [9.17, 15) is 14.4 Å². The molecule has 2 fully saturated rings. The number of nitrogens with one attached hydrogen (secondary N) is 3. The molecule has 1 unspecified atom stereocenters. The van der Waals surface area contributed by atoms with E-state index in [4.69, 9.17) is 0 Å². The second-order valence-electron chi connectivity index (χ2n) is 7.05. The van der Waals surface area contributed by atoms with Crippen LogP contribution in [0.3, 0.4) is 0 Å². The molecule has 3 atom stereocenters. The fourth-order valence-electron chi connectivity index (χ4n) is 3.51. The minimum absolute atomic E-state index is 0.0823. The minimum Gasteiger partial charge on any atom is -0.324 e. The maximum Gasteiger partial charge on any atom is 0.238 e. The zero-order valence-electron chi connectivity index (χ0n) is 15.1. The number of piperidine rings is 1. The first kappa shape index (κ1) is 18.5. The standard InChI is InChI=1S/C18H25N5O3/c1-11-7-19-8-12(2)23(11)10-17(25)21-13-3-5-15(20-9-13)14-4-6-16(24)22-18(14)26/h3,5,9,11-12,14,19H,4,6-8,10H2,1-2H3,(H,21,25)(H,22,24,26)/t11-,12+,14?. The number of imide groups is 1. The van der Waals surface area contributed by atoms with Crippen LogP contribution in [0, 0.1) is 0 Å². The van der Waals surface area contributed by atoms with E-state index in [1.165, 1.54) is 0 Å². The van der Waals surface area contributed by atoms with Crippen molar-refractivity contribution in [3.63, 3.8) is 0 Å². The Morgan fingerprint density at radius 2 is 2.00 bits per heavy atom. The van der Waals surface area contributed by atoms with E-state index >= 15 is 0 Å². The van der Waals surface area contributed by atoms with Crippen LogP contribution < -0.4 is 16.0 Å². The molecule has 0 radical (unpaired) electrons. The number of carbonyl (C=O) groups is 3. The van der Waals surface area contributed by atoms with Gasteiger partial charge in [-0.1, -0.05) is 0 Å². The summed E-state index contributed by atoms with van der Waals surface area (Å²) in [5.41, 5.74) is 1.21. The number of carbonyl (C=O) groups excluding carboxylic acids is 3. The van der Waals surface area contributed by atoms with Gasteiger partial charge in [-0.05, 0) is 32.4 Å². The Balaban J connectivity index is 1.58. The summed E-state index contributed by atoms with van der Waals surface area (Å²) in [6.45, 7) is 6.29. The molecule has 0 bridgehead atoms. The van der Waals surface area contributed by atoms with E-state index in [2.05, 4.69) is 39.7 Å². The summed E-state index contributed by atoms with van der Waals surface area (Å²) >= 11 is 0. The summed E-state index contributed by atoms with van der Waals surface area (Å²) in [5.74, 6) is -1.06. The van der Waals surface area contributed by atoms with Gasteiger partial charge in [-0.25, -0.2) is 0 Å². The Hall–Kier alpha value is -2.32. The number of amides is 3. The third-order valence-electron chi connectivity index (χ3n) is 5.00. The highest BCUT2D eigenvalue weighted by Crippen LogP contribution is 2.23. The van der Waals surface area contributed by atoms with Crippen LogP contribution in [0.15, 0.2) is 18.3 Å². The smallest absolute Gasteiger partial charge is 0.238 e. The summed E-state index contributed by atoms with van der Waals surface area (Å²) in [7, 11) is 0. The Kier molecular flexibility index (Phi) is 5.63. The Morgan fingerprint density at radius 1 is 1.27 bits per heavy atom. The zero-order chi connectivity index (χ0) is 18.7. The van der Waals surface area contributed by atoms with Crippen molar-refractivity contribution >= 4 is 23.4 Å². The van der Waals surface area contributed by atoms with E-state index in [1.807, 2.05) is 0 Å². The minimum atomic E-state index is -0.417. The van der Waals surface area contributed by atoms with Crippen LogP contribution in [-0.4, -0.2) is 59.3 Å². The topological polar surface area (TPSA) is 103 Å². The molecule has 0 saturated carbocycles. The summed E-state index contributed by atoms with van der Waals surface area (Å²) in [6.07, 6.45) is 2.33. The largest absolute Gasteiger partial charge is 0.324 e. The molecule has 8 nitrogen and oxygen atoms in total. The average Bonchev–Trinajstić information content (AvgIpc) is 2.59. The van der Waals surface area contributed by atoms with Crippen molar-refractivity contribution in [3.8, 4) is 0 Å². The molecule has 3 rings (SSSR count). The normalized spacial score (nSPS) is 27.1. The van der Waals surface area contributed by atoms with Crippen LogP contribution in [0.2, 0.25) is 0 Å². The molecule has 2 saturated heterocycles. The SMILES string of the molecule is C[C@@H]1CNC[C@H](C)N1CC(=O)Nc1ccc(C2CCC(=O)NC2=O)nc1. The monoisotopic (exact) mass is 359 g/mol. The third kappa shape index (κ3) is 4.25. The van der Waals surface area contributed by atoms with Gasteiger partial charge in [0, 0.05) is 31.6 Å². The van der Waals surface area contributed by atoms with Crippen molar-refractivity contribution < 1.29 is 14.4 Å². The number of rotatable bonds is 4. The van der Waals surface area contributed by atoms with Crippen molar-refractivity contribution in [2.24, 2.45) is 0 Å². The van der Waals surface area contributed by atoms with Crippen LogP contribution in [0.25, 0.3) is 0 Å². The maximum absolute atomic E-state index is 12.3. The van der Waals surface area contributed by atoms with Crippen molar-refractivity contribution in [1.82, 2.24) is 20.5 Å². The van der Waals surface area contributed by atoms with Crippen molar-refractivity contribution in [3.05, 3.63) is 24.0 Å². The lowest BCUT2D eigenvalue weighted by atomic mass is 9.94. The Morgan fingerprint density at radius 3 is 2.62 bits per heavy atom. The molecule has 2 aliphatic rings. The lowest BCUT2D eigenvalue weighted by Crippen LogP contribution is -2.56. The second-order valence-corrected chi connectivity index (χ2v) is 7.05. The van der Waals surface area contributed by atoms with E-state index in [0.717, 1.165) is 13.1 Å². The lowest BCUT2D eigenvalue weighted by molar-refractivity contribution is -0.134. The van der Waals surface area contributed by atoms with Crippen LogP contribution in [0.4, 0.5) is 5.69 Å². The second kappa shape index (κ2) is 7.92. The highest BCUT2D eigenvalue weighted by Gasteiger charge is 2.29. The van der Waals surface area contributed by atoms with Crippen molar-refractivity contribution in [2.75, 3.05) is 25.0 Å². The molecule has 3 N–H and O–H groups in total. The van der Waals surface area contributed by atoms with Gasteiger partial charge in [-0.3, -0.25) is 29.6 Å². The van der Waals surface area contributed by atoms with Gasteiger partial charge >= 0.3 is 0 Å². The number of anilines is 1. The molecule has 26 heavy (non-hydrogen) atoms. The van der Waals surface area contributed by atoms with Gasteiger partial charge in [-0.15, -0.1) is 0 Å². The molecule has 1 aromatic heterocycles. The van der Waals surface area contributed by atoms with Gasteiger partial charge in [0.2, 0.25) is 17.7 Å². The quantitative estimate of drug-likeness (QED) is 0.665. The zero-order valence-corrected chi connectivity index (χ0v) is 15.1. The molecular weight excluding hydrogens is 334 g/mol. The average molecular weight is 359 g/mol. The number of hydrogen-bond acceptors (Lipinski definition) is 6. The van der Waals surface area contributed by atoms with E-state index in [1.54, 1.807) is 18.3 Å². The molecule has 0 aliphatic carbocycles. The number of aromatic nitrogens is 1. The third-order valence-corrected chi connectivity index (χ3v) is 5.00. The summed E-state index contributed by atoms with van der Waals surface area (Å²) in [5, 5.41) is 8.53. The summed E-state index contributed by atoms with van der Waals surface area (Å²) in [6, 6.07) is 4.08. The molecule has 3 heterocycles. The molecule has 3 amide bonds. The van der Waals surface area contributed by atoms with Gasteiger partial charge in [0.15, 0.2) is 0 Å². The fourth-order valence-corrected chi connectivity index (χ4v) is 3.51. The van der Waals surface area contributed by atoms with E-state index in [0.29, 0.717) is 42.9 Å². The number of hydrogen-bond donors (Lipinski definition) is 3. The van der Waals surface area contributed by atoms with Gasteiger partial charge in [0.05, 0.1) is 30.0 Å². The van der Waals surface area contributed by atoms with Crippen molar-refractivity contribution in [2.45, 2.75) is 44.7 Å². The van der Waals surface area contributed by atoms with Crippen molar-refractivity contribution in [1.29, 1.82) is 0 Å². The number of pyridine rings is 1. The van der Waals surface area contributed by atoms with Crippen LogP contribution in [0.5, 0.6) is 0 Å².